The minimum absolute atomic E-state index is 0.0191. The number of nitro groups is 1. The Morgan fingerprint density at radius 1 is 1.43 bits per heavy atom. The Kier molecular flexibility index (Phi) is 4.89. The number of nitrogen functional groups attached to an aromatic ring is 1. The van der Waals surface area contributed by atoms with Crippen molar-refractivity contribution in [1.82, 2.24) is 9.97 Å². The van der Waals surface area contributed by atoms with E-state index >= 15 is 0 Å². The zero-order valence-electron chi connectivity index (χ0n) is 12.5. The molecule has 3 N–H and O–H groups in total. The van der Waals surface area contributed by atoms with Crippen molar-refractivity contribution in [1.29, 1.82) is 0 Å². The summed E-state index contributed by atoms with van der Waals surface area (Å²) in [7, 11) is 0. The Labute approximate surface area is 123 Å². The molecule has 21 heavy (non-hydrogen) atoms. The topological polar surface area (TPSA) is 110 Å². The third-order valence-corrected chi connectivity index (χ3v) is 3.97. The molecule has 0 spiro atoms. The molecule has 0 amide bonds. The predicted molar refractivity (Wildman–Crippen MR) is 81.1 cm³/mol. The summed E-state index contributed by atoms with van der Waals surface area (Å²) >= 11 is 0. The third-order valence-electron chi connectivity index (χ3n) is 3.97. The highest BCUT2D eigenvalue weighted by molar-refractivity contribution is 5.63. The van der Waals surface area contributed by atoms with Crippen molar-refractivity contribution < 1.29 is 4.92 Å². The first kappa shape index (κ1) is 15.4. The van der Waals surface area contributed by atoms with Crippen molar-refractivity contribution in [2.75, 3.05) is 16.9 Å². The lowest BCUT2D eigenvalue weighted by Gasteiger charge is -2.30. The van der Waals surface area contributed by atoms with Crippen LogP contribution in [0.4, 0.5) is 17.5 Å². The van der Waals surface area contributed by atoms with Gasteiger partial charge in [0.1, 0.15) is 5.69 Å². The first-order chi connectivity index (χ1) is 10.1. The van der Waals surface area contributed by atoms with Gasteiger partial charge in [0, 0.05) is 12.6 Å². The summed E-state index contributed by atoms with van der Waals surface area (Å²) in [6, 6.07) is 0.270. The molecule has 1 aromatic rings. The van der Waals surface area contributed by atoms with Crippen LogP contribution in [0.1, 0.15) is 44.7 Å². The lowest BCUT2D eigenvalue weighted by molar-refractivity contribution is -0.385. The fourth-order valence-electron chi connectivity index (χ4n) is 2.91. The first-order valence-electron chi connectivity index (χ1n) is 7.34. The van der Waals surface area contributed by atoms with Gasteiger partial charge in [0.15, 0.2) is 0 Å². The number of aryl methyl sites for hydroxylation is 1. The van der Waals surface area contributed by atoms with Crippen molar-refractivity contribution in [3.05, 3.63) is 15.8 Å². The second-order valence-electron chi connectivity index (χ2n) is 5.31. The van der Waals surface area contributed by atoms with Crippen LogP contribution >= 0.6 is 0 Å². The molecule has 0 bridgehead atoms. The van der Waals surface area contributed by atoms with Crippen molar-refractivity contribution in [2.45, 2.75) is 52.0 Å². The maximum Gasteiger partial charge on any atom is 0.332 e. The van der Waals surface area contributed by atoms with E-state index in [1.165, 1.54) is 0 Å². The van der Waals surface area contributed by atoms with Gasteiger partial charge >= 0.3 is 5.69 Å². The van der Waals surface area contributed by atoms with E-state index in [2.05, 4.69) is 27.2 Å². The first-order valence-corrected chi connectivity index (χ1v) is 7.34. The standard InChI is InChI=1S/C13H22N6O2/c1-3-10-7-5-4-6-8-18(10)12-11(19(20)21)9(2)15-13(16-12)17-14/h10H,3-8,14H2,1-2H3,(H,15,16,17). The van der Waals surface area contributed by atoms with Crippen LogP contribution in [0.3, 0.4) is 0 Å². The monoisotopic (exact) mass is 294 g/mol. The molecule has 1 aliphatic rings. The smallest absolute Gasteiger partial charge is 0.332 e. The van der Waals surface area contributed by atoms with Gasteiger partial charge < -0.3 is 4.90 Å². The number of aromatic nitrogens is 2. The molecular formula is C13H22N6O2. The summed E-state index contributed by atoms with van der Waals surface area (Å²) < 4.78 is 0. The second kappa shape index (κ2) is 6.66. The van der Waals surface area contributed by atoms with Gasteiger partial charge in [-0.05, 0) is 26.2 Å². The van der Waals surface area contributed by atoms with Crippen molar-refractivity contribution in [3.8, 4) is 0 Å². The minimum atomic E-state index is -0.400. The molecule has 0 aromatic carbocycles. The van der Waals surface area contributed by atoms with Gasteiger partial charge in [0.05, 0.1) is 4.92 Å². The molecule has 8 nitrogen and oxygen atoms in total. The summed E-state index contributed by atoms with van der Waals surface area (Å²) in [5.41, 5.74) is 2.70. The number of hydrazine groups is 1. The molecule has 2 rings (SSSR count). The van der Waals surface area contributed by atoms with Gasteiger partial charge in [-0.3, -0.25) is 15.5 Å². The van der Waals surface area contributed by atoms with Gasteiger partial charge in [-0.15, -0.1) is 0 Å². The van der Waals surface area contributed by atoms with Gasteiger partial charge in [-0.25, -0.2) is 10.8 Å². The van der Waals surface area contributed by atoms with E-state index in [-0.39, 0.29) is 17.7 Å². The van der Waals surface area contributed by atoms with E-state index < -0.39 is 4.92 Å². The summed E-state index contributed by atoms with van der Waals surface area (Å²) in [4.78, 5) is 21.4. The van der Waals surface area contributed by atoms with Crippen LogP contribution < -0.4 is 16.2 Å². The van der Waals surface area contributed by atoms with Crippen molar-refractivity contribution in [3.63, 3.8) is 0 Å². The molecule has 0 radical (unpaired) electrons. The van der Waals surface area contributed by atoms with Crippen LogP contribution in [0.25, 0.3) is 0 Å². The average Bonchev–Trinajstić information content (AvgIpc) is 2.70. The second-order valence-corrected chi connectivity index (χ2v) is 5.31. The molecule has 1 unspecified atom stereocenters. The van der Waals surface area contributed by atoms with Gasteiger partial charge in [0.25, 0.3) is 0 Å². The molecular weight excluding hydrogens is 272 g/mol. The molecule has 8 heteroatoms. The number of hydrogen-bond donors (Lipinski definition) is 2. The third kappa shape index (κ3) is 3.21. The Morgan fingerprint density at radius 3 is 2.81 bits per heavy atom. The number of nitrogens with one attached hydrogen (secondary N) is 1. The average molecular weight is 294 g/mol. The highest BCUT2D eigenvalue weighted by Crippen LogP contribution is 2.34. The van der Waals surface area contributed by atoms with Crippen LogP contribution in [0.15, 0.2) is 0 Å². The highest BCUT2D eigenvalue weighted by atomic mass is 16.6. The molecule has 2 heterocycles. The van der Waals surface area contributed by atoms with E-state index in [0.717, 1.165) is 38.6 Å². The van der Waals surface area contributed by atoms with Gasteiger partial charge in [-0.1, -0.05) is 19.8 Å². The Hall–Kier alpha value is -1.96. The summed E-state index contributed by atoms with van der Waals surface area (Å²) in [5.74, 6) is 5.98. The summed E-state index contributed by atoms with van der Waals surface area (Å²) in [5, 5.41) is 11.4. The quantitative estimate of drug-likeness (QED) is 0.497. The van der Waals surface area contributed by atoms with Crippen LogP contribution in [0.5, 0.6) is 0 Å². The maximum absolute atomic E-state index is 11.4. The SMILES string of the molecule is CCC1CCCCCN1c1nc(NN)nc(C)c1[N+](=O)[O-]. The number of rotatable bonds is 4. The minimum Gasteiger partial charge on any atom is -0.348 e. The van der Waals surface area contributed by atoms with Crippen LogP contribution in [-0.2, 0) is 0 Å². The number of nitrogens with two attached hydrogens (primary N) is 1. The number of hydrogen-bond acceptors (Lipinski definition) is 7. The lowest BCUT2D eigenvalue weighted by Crippen LogP contribution is -2.36. The number of anilines is 2. The Balaban J connectivity index is 2.52. The van der Waals surface area contributed by atoms with Crippen LogP contribution in [0, 0.1) is 17.0 Å². The van der Waals surface area contributed by atoms with Crippen molar-refractivity contribution in [2.24, 2.45) is 5.84 Å². The molecule has 1 atom stereocenters. The summed E-state index contributed by atoms with van der Waals surface area (Å²) in [6.07, 6.45) is 5.28. The molecule has 1 aromatic heterocycles. The maximum atomic E-state index is 11.4. The van der Waals surface area contributed by atoms with Crippen LogP contribution in [-0.4, -0.2) is 27.5 Å². The zero-order chi connectivity index (χ0) is 15.4. The fraction of sp³-hybridized carbons (Fsp3) is 0.692. The molecule has 116 valence electrons. The Bertz CT molecular complexity index is 522. The molecule has 0 saturated carbocycles. The van der Waals surface area contributed by atoms with E-state index in [1.807, 2.05) is 0 Å². The fourth-order valence-corrected chi connectivity index (χ4v) is 2.91. The van der Waals surface area contributed by atoms with E-state index in [0.29, 0.717) is 11.5 Å². The largest absolute Gasteiger partial charge is 0.348 e. The van der Waals surface area contributed by atoms with E-state index in [1.54, 1.807) is 6.92 Å². The molecule has 1 fully saturated rings. The molecule has 1 aliphatic heterocycles. The summed E-state index contributed by atoms with van der Waals surface area (Å²) in [6.45, 7) is 4.49. The Morgan fingerprint density at radius 2 is 2.19 bits per heavy atom. The highest BCUT2D eigenvalue weighted by Gasteiger charge is 2.30. The normalized spacial score (nSPS) is 19.2. The molecule has 1 saturated heterocycles. The van der Waals surface area contributed by atoms with Gasteiger partial charge in [-0.2, -0.15) is 4.98 Å². The van der Waals surface area contributed by atoms with Crippen LogP contribution in [0.2, 0.25) is 0 Å². The number of nitrogens with zero attached hydrogens (tertiary/aromatic N) is 4. The lowest BCUT2D eigenvalue weighted by atomic mass is 10.1. The van der Waals surface area contributed by atoms with Crippen molar-refractivity contribution >= 4 is 17.5 Å². The van der Waals surface area contributed by atoms with E-state index in [4.69, 9.17) is 5.84 Å². The van der Waals surface area contributed by atoms with E-state index in [9.17, 15) is 10.1 Å². The zero-order valence-corrected chi connectivity index (χ0v) is 12.5. The predicted octanol–water partition coefficient (Wildman–Crippen LogP) is 2.14. The van der Waals surface area contributed by atoms with Gasteiger partial charge in [0.2, 0.25) is 11.8 Å². The molecule has 0 aliphatic carbocycles.